The third-order valence-corrected chi connectivity index (χ3v) is 3.50. The zero-order valence-corrected chi connectivity index (χ0v) is 10.9. The van der Waals surface area contributed by atoms with Gasteiger partial charge in [-0.15, -0.1) is 0 Å². The van der Waals surface area contributed by atoms with Crippen LogP contribution < -0.4 is 0 Å². The zero-order valence-electron chi connectivity index (χ0n) is 9.36. The first-order chi connectivity index (χ1) is 8.33. The standard InChI is InChI=1S/C15H12BrN/c16-15-10-11(7-8-17-15)9-13-6-5-12-3-1-2-4-14(12)13/h2-8,10H,1,9H2. The number of nitrogens with zero attached hydrogens (tertiary/aromatic N) is 1. The molecule has 0 unspecified atom stereocenters. The van der Waals surface area contributed by atoms with Crippen LogP contribution in [0.4, 0.5) is 0 Å². The third-order valence-electron chi connectivity index (χ3n) is 3.06. The van der Waals surface area contributed by atoms with Gasteiger partial charge >= 0.3 is 0 Å². The Morgan fingerprint density at radius 1 is 1.24 bits per heavy atom. The van der Waals surface area contributed by atoms with Gasteiger partial charge < -0.3 is 0 Å². The molecule has 1 heterocycles. The first-order valence-corrected chi connectivity index (χ1v) is 6.51. The Morgan fingerprint density at radius 3 is 3.06 bits per heavy atom. The van der Waals surface area contributed by atoms with Gasteiger partial charge in [0.15, 0.2) is 0 Å². The Bertz CT molecular complexity index is 576. The Morgan fingerprint density at radius 2 is 2.18 bits per heavy atom. The van der Waals surface area contributed by atoms with E-state index in [1.807, 2.05) is 6.20 Å². The Kier molecular flexibility index (Phi) is 2.81. The number of fused-ring (bicyclic) bond motifs is 1. The van der Waals surface area contributed by atoms with Gasteiger partial charge in [-0.05, 0) is 63.2 Å². The summed E-state index contributed by atoms with van der Waals surface area (Å²) in [5.74, 6) is 0. The summed E-state index contributed by atoms with van der Waals surface area (Å²) in [5, 5.41) is 0. The zero-order chi connectivity index (χ0) is 11.7. The largest absolute Gasteiger partial charge is 0.249 e. The quantitative estimate of drug-likeness (QED) is 0.745. The fraction of sp³-hybridized carbons (Fsp3) is 0.133. The van der Waals surface area contributed by atoms with Crippen molar-refractivity contribution in [2.75, 3.05) is 0 Å². The van der Waals surface area contributed by atoms with E-state index in [9.17, 15) is 0 Å². The highest BCUT2D eigenvalue weighted by Crippen LogP contribution is 2.31. The van der Waals surface area contributed by atoms with Gasteiger partial charge in [0, 0.05) is 6.20 Å². The highest BCUT2D eigenvalue weighted by molar-refractivity contribution is 9.10. The number of allylic oxidation sites excluding steroid dienone is 8. The summed E-state index contributed by atoms with van der Waals surface area (Å²) in [6.45, 7) is 0. The van der Waals surface area contributed by atoms with Crippen LogP contribution in [0, 0.1) is 0 Å². The van der Waals surface area contributed by atoms with E-state index in [1.165, 1.54) is 22.3 Å². The fourth-order valence-electron chi connectivity index (χ4n) is 2.24. The van der Waals surface area contributed by atoms with Crippen molar-refractivity contribution in [3.63, 3.8) is 0 Å². The lowest BCUT2D eigenvalue weighted by atomic mass is 9.97. The van der Waals surface area contributed by atoms with Crippen molar-refractivity contribution in [2.24, 2.45) is 0 Å². The van der Waals surface area contributed by atoms with Crippen LogP contribution in [0.25, 0.3) is 0 Å². The number of halogens is 1. The van der Waals surface area contributed by atoms with Crippen LogP contribution in [0.5, 0.6) is 0 Å². The van der Waals surface area contributed by atoms with Gasteiger partial charge in [0.25, 0.3) is 0 Å². The number of hydrogen-bond donors (Lipinski definition) is 0. The molecule has 0 N–H and O–H groups in total. The van der Waals surface area contributed by atoms with Crippen molar-refractivity contribution in [1.29, 1.82) is 0 Å². The van der Waals surface area contributed by atoms with Crippen molar-refractivity contribution in [3.05, 3.63) is 75.6 Å². The number of pyridine rings is 1. The molecule has 0 spiro atoms. The topological polar surface area (TPSA) is 12.9 Å². The normalized spacial score (nSPS) is 17.4. The summed E-state index contributed by atoms with van der Waals surface area (Å²) in [6.07, 6.45) is 15.0. The van der Waals surface area contributed by atoms with Crippen LogP contribution in [0.1, 0.15) is 12.0 Å². The first-order valence-electron chi connectivity index (χ1n) is 5.72. The van der Waals surface area contributed by atoms with E-state index in [2.05, 4.69) is 63.4 Å². The monoisotopic (exact) mass is 285 g/mol. The molecule has 0 aliphatic heterocycles. The molecule has 0 amide bonds. The summed E-state index contributed by atoms with van der Waals surface area (Å²) in [6, 6.07) is 4.15. The molecule has 17 heavy (non-hydrogen) atoms. The van der Waals surface area contributed by atoms with Gasteiger partial charge in [0.05, 0.1) is 0 Å². The molecule has 0 saturated heterocycles. The predicted octanol–water partition coefficient (Wildman–Crippen LogP) is 4.14. The average molecular weight is 286 g/mol. The number of hydrogen-bond acceptors (Lipinski definition) is 1. The smallest absolute Gasteiger partial charge is 0.106 e. The predicted molar refractivity (Wildman–Crippen MR) is 73.6 cm³/mol. The van der Waals surface area contributed by atoms with Crippen LogP contribution in [0.15, 0.2) is 70.0 Å². The van der Waals surface area contributed by atoms with Crippen LogP contribution in [0.2, 0.25) is 0 Å². The lowest BCUT2D eigenvalue weighted by Crippen LogP contribution is -1.93. The summed E-state index contributed by atoms with van der Waals surface area (Å²) >= 11 is 3.41. The molecule has 0 saturated carbocycles. The van der Waals surface area contributed by atoms with Gasteiger partial charge in [-0.25, -0.2) is 4.98 Å². The van der Waals surface area contributed by atoms with Crippen molar-refractivity contribution in [3.8, 4) is 0 Å². The minimum Gasteiger partial charge on any atom is -0.249 e. The van der Waals surface area contributed by atoms with Crippen LogP contribution in [0.3, 0.4) is 0 Å². The maximum Gasteiger partial charge on any atom is 0.106 e. The molecule has 1 aromatic rings. The molecule has 0 radical (unpaired) electrons. The second kappa shape index (κ2) is 4.46. The van der Waals surface area contributed by atoms with E-state index in [0.717, 1.165) is 17.4 Å². The first kappa shape index (κ1) is 10.7. The second-order valence-corrected chi connectivity index (χ2v) is 5.05. The van der Waals surface area contributed by atoms with Gasteiger partial charge in [-0.3, -0.25) is 0 Å². The molecule has 3 rings (SSSR count). The van der Waals surface area contributed by atoms with E-state index in [1.54, 1.807) is 0 Å². The van der Waals surface area contributed by atoms with Crippen LogP contribution in [-0.4, -0.2) is 4.98 Å². The molecule has 2 heteroatoms. The highest BCUT2D eigenvalue weighted by atomic mass is 79.9. The average Bonchev–Trinajstić information content (AvgIpc) is 2.73. The molecule has 1 nitrogen and oxygen atoms in total. The Labute approximate surface area is 109 Å². The maximum absolute atomic E-state index is 4.15. The molecule has 2 aliphatic rings. The van der Waals surface area contributed by atoms with Crippen molar-refractivity contribution >= 4 is 15.9 Å². The molecule has 2 aliphatic carbocycles. The summed E-state index contributed by atoms with van der Waals surface area (Å²) in [4.78, 5) is 4.15. The van der Waals surface area contributed by atoms with E-state index in [0.29, 0.717) is 0 Å². The number of aromatic nitrogens is 1. The van der Waals surface area contributed by atoms with Crippen molar-refractivity contribution in [2.45, 2.75) is 12.8 Å². The minimum atomic E-state index is 0.900. The molecule has 0 bridgehead atoms. The molecule has 0 fully saturated rings. The highest BCUT2D eigenvalue weighted by Gasteiger charge is 2.13. The summed E-state index contributed by atoms with van der Waals surface area (Å²) in [7, 11) is 0. The Hall–Kier alpha value is -1.41. The third kappa shape index (κ3) is 2.18. The van der Waals surface area contributed by atoms with Crippen LogP contribution >= 0.6 is 15.9 Å². The lowest BCUT2D eigenvalue weighted by molar-refractivity contribution is 1.14. The number of rotatable bonds is 2. The summed E-state index contributed by atoms with van der Waals surface area (Å²) < 4.78 is 0.900. The minimum absolute atomic E-state index is 0.900. The van der Waals surface area contributed by atoms with E-state index >= 15 is 0 Å². The molecular weight excluding hydrogens is 274 g/mol. The molecular formula is C15H12BrN. The lowest BCUT2D eigenvalue weighted by Gasteiger charge is -2.08. The maximum atomic E-state index is 4.15. The molecule has 0 aromatic carbocycles. The molecule has 84 valence electrons. The van der Waals surface area contributed by atoms with E-state index in [-0.39, 0.29) is 0 Å². The van der Waals surface area contributed by atoms with Crippen LogP contribution in [-0.2, 0) is 6.42 Å². The second-order valence-electron chi connectivity index (χ2n) is 4.23. The van der Waals surface area contributed by atoms with E-state index in [4.69, 9.17) is 0 Å². The van der Waals surface area contributed by atoms with Gasteiger partial charge in [-0.2, -0.15) is 0 Å². The van der Waals surface area contributed by atoms with Crippen molar-refractivity contribution < 1.29 is 0 Å². The molecule has 0 atom stereocenters. The van der Waals surface area contributed by atoms with Gasteiger partial charge in [0.2, 0.25) is 0 Å². The van der Waals surface area contributed by atoms with E-state index < -0.39 is 0 Å². The Balaban J connectivity index is 1.91. The van der Waals surface area contributed by atoms with Gasteiger partial charge in [-0.1, -0.05) is 30.4 Å². The fourth-order valence-corrected chi connectivity index (χ4v) is 2.66. The SMILES string of the molecule is Brc1cc(CC2=C3C=CCC=C3C=C2)ccn1. The molecule has 1 aromatic heterocycles. The van der Waals surface area contributed by atoms with Gasteiger partial charge in [0.1, 0.15) is 4.60 Å². The summed E-state index contributed by atoms with van der Waals surface area (Å²) in [5.41, 5.74) is 5.43. The van der Waals surface area contributed by atoms with Crippen molar-refractivity contribution in [1.82, 2.24) is 4.98 Å².